The lowest BCUT2D eigenvalue weighted by atomic mass is 9.70. The van der Waals surface area contributed by atoms with Crippen molar-refractivity contribution in [1.29, 1.82) is 0 Å². The smallest absolute Gasteiger partial charge is 0.337 e. The Morgan fingerprint density at radius 2 is 1.90 bits per heavy atom. The summed E-state index contributed by atoms with van der Waals surface area (Å²) < 4.78 is 0. The minimum absolute atomic E-state index is 0.0667. The third-order valence-corrected chi connectivity index (χ3v) is 6.80. The lowest BCUT2D eigenvalue weighted by molar-refractivity contribution is 0.0696. The number of nitrogens with two attached hydrogens (primary N) is 1. The maximum Gasteiger partial charge on any atom is 0.337 e. The molecule has 1 saturated heterocycles. The van der Waals surface area contributed by atoms with E-state index in [4.69, 9.17) is 17.3 Å². The fraction of sp³-hybridized carbons (Fsp3) is 0.409. The number of rotatable bonds is 4. The first-order chi connectivity index (χ1) is 14.2. The number of pyridine rings is 1. The van der Waals surface area contributed by atoms with E-state index < -0.39 is 11.5 Å². The highest BCUT2D eigenvalue weighted by Gasteiger charge is 2.47. The van der Waals surface area contributed by atoms with Crippen molar-refractivity contribution < 1.29 is 14.7 Å². The first-order valence-corrected chi connectivity index (χ1v) is 10.4. The molecule has 1 aliphatic heterocycles. The fourth-order valence-corrected chi connectivity index (χ4v) is 4.75. The highest BCUT2D eigenvalue weighted by Crippen LogP contribution is 2.44. The number of amides is 2. The largest absolute Gasteiger partial charge is 0.478 e. The van der Waals surface area contributed by atoms with Crippen molar-refractivity contribution >= 4 is 29.3 Å². The second-order valence-electron chi connectivity index (χ2n) is 8.49. The summed E-state index contributed by atoms with van der Waals surface area (Å²) in [6.07, 6.45) is 5.88. The standard InChI is InChI=1S/C22H25ClN4O3/c1-21(5-7-22(24,8-6-21)16-3-2-4-17(23)12-16)27-10-9-26(20(27)30)18-11-15(19(28)29)13-25-14-18/h2-4,11-14H,5-10,24H2,1H3,(H,28,29). The number of aromatic carboxylic acids is 1. The highest BCUT2D eigenvalue weighted by atomic mass is 35.5. The second kappa shape index (κ2) is 7.56. The van der Waals surface area contributed by atoms with Gasteiger partial charge in [-0.2, -0.15) is 0 Å². The average molecular weight is 429 g/mol. The normalized spacial score (nSPS) is 26.8. The summed E-state index contributed by atoms with van der Waals surface area (Å²) in [5.41, 5.74) is 7.58. The molecule has 1 aromatic carbocycles. The molecule has 0 bridgehead atoms. The Labute approximate surface area is 180 Å². The van der Waals surface area contributed by atoms with Gasteiger partial charge in [-0.3, -0.25) is 9.88 Å². The van der Waals surface area contributed by atoms with Crippen LogP contribution in [0.4, 0.5) is 10.5 Å². The quantitative estimate of drug-likeness (QED) is 0.770. The van der Waals surface area contributed by atoms with E-state index in [0.717, 1.165) is 31.2 Å². The van der Waals surface area contributed by atoms with Gasteiger partial charge in [0.25, 0.3) is 0 Å². The molecule has 4 rings (SSSR count). The van der Waals surface area contributed by atoms with Gasteiger partial charge in [0.05, 0.1) is 17.4 Å². The van der Waals surface area contributed by atoms with E-state index in [1.807, 2.05) is 29.2 Å². The monoisotopic (exact) mass is 428 g/mol. The van der Waals surface area contributed by atoms with Crippen LogP contribution in [0.2, 0.25) is 5.02 Å². The van der Waals surface area contributed by atoms with Gasteiger partial charge in [0.15, 0.2) is 0 Å². The molecule has 0 radical (unpaired) electrons. The summed E-state index contributed by atoms with van der Waals surface area (Å²) in [6, 6.07) is 9.07. The average Bonchev–Trinajstić information content (AvgIpc) is 3.13. The number of hydrogen-bond donors (Lipinski definition) is 2. The molecule has 158 valence electrons. The molecule has 30 heavy (non-hydrogen) atoms. The Hall–Kier alpha value is -2.64. The first-order valence-electron chi connectivity index (χ1n) is 10.0. The highest BCUT2D eigenvalue weighted by molar-refractivity contribution is 6.30. The van der Waals surface area contributed by atoms with Crippen LogP contribution in [0, 0.1) is 0 Å². The molecular weight excluding hydrogens is 404 g/mol. The minimum atomic E-state index is -1.06. The third-order valence-electron chi connectivity index (χ3n) is 6.56. The lowest BCUT2D eigenvalue weighted by Crippen LogP contribution is -2.54. The molecule has 0 atom stereocenters. The molecule has 2 fully saturated rings. The van der Waals surface area contributed by atoms with Gasteiger partial charge in [-0.15, -0.1) is 0 Å². The molecule has 7 nitrogen and oxygen atoms in total. The molecule has 1 saturated carbocycles. The van der Waals surface area contributed by atoms with Gasteiger partial charge < -0.3 is 15.7 Å². The van der Waals surface area contributed by atoms with Crippen LogP contribution in [0.15, 0.2) is 42.7 Å². The van der Waals surface area contributed by atoms with E-state index >= 15 is 0 Å². The first kappa shape index (κ1) is 20.6. The van der Waals surface area contributed by atoms with Gasteiger partial charge in [0, 0.05) is 35.4 Å². The zero-order chi connectivity index (χ0) is 21.5. The number of hydrogen-bond acceptors (Lipinski definition) is 4. The number of halogens is 1. The van der Waals surface area contributed by atoms with Crippen LogP contribution in [0.3, 0.4) is 0 Å². The maximum absolute atomic E-state index is 13.2. The van der Waals surface area contributed by atoms with E-state index in [1.165, 1.54) is 18.5 Å². The summed E-state index contributed by atoms with van der Waals surface area (Å²) in [5, 5.41) is 9.88. The molecule has 1 aromatic heterocycles. The number of benzene rings is 1. The Morgan fingerprint density at radius 1 is 1.17 bits per heavy atom. The Balaban J connectivity index is 1.49. The number of anilines is 1. The fourth-order valence-electron chi connectivity index (χ4n) is 4.56. The summed E-state index contributed by atoms with van der Waals surface area (Å²) in [6.45, 7) is 3.19. The predicted octanol–water partition coefficient (Wildman–Crippen LogP) is 3.86. The van der Waals surface area contributed by atoms with E-state index in [9.17, 15) is 14.7 Å². The van der Waals surface area contributed by atoms with Gasteiger partial charge in [-0.1, -0.05) is 23.7 Å². The van der Waals surface area contributed by atoms with Crippen molar-refractivity contribution in [3.05, 3.63) is 58.9 Å². The molecule has 8 heteroatoms. The molecule has 2 aliphatic rings. The van der Waals surface area contributed by atoms with Crippen LogP contribution >= 0.6 is 11.6 Å². The molecule has 2 aromatic rings. The maximum atomic E-state index is 13.2. The zero-order valence-corrected chi connectivity index (χ0v) is 17.6. The number of carboxylic acids is 1. The van der Waals surface area contributed by atoms with Gasteiger partial charge in [0.2, 0.25) is 0 Å². The van der Waals surface area contributed by atoms with Crippen LogP contribution in [-0.2, 0) is 5.54 Å². The number of carbonyl (C=O) groups is 2. The Morgan fingerprint density at radius 3 is 2.57 bits per heavy atom. The molecule has 3 N–H and O–H groups in total. The van der Waals surface area contributed by atoms with Crippen LogP contribution in [0.25, 0.3) is 0 Å². The number of carboxylic acid groups (broad SMARTS) is 1. The van der Waals surface area contributed by atoms with E-state index in [0.29, 0.717) is 23.8 Å². The Kier molecular flexibility index (Phi) is 5.20. The van der Waals surface area contributed by atoms with E-state index in [2.05, 4.69) is 11.9 Å². The summed E-state index contributed by atoms with van der Waals surface area (Å²) in [5.74, 6) is -1.06. The number of nitrogens with zero attached hydrogens (tertiary/aromatic N) is 3. The molecule has 2 amide bonds. The van der Waals surface area contributed by atoms with Crippen LogP contribution < -0.4 is 10.6 Å². The summed E-state index contributed by atoms with van der Waals surface area (Å²) >= 11 is 6.15. The van der Waals surface area contributed by atoms with Crippen LogP contribution in [0.1, 0.15) is 48.5 Å². The molecule has 2 heterocycles. The van der Waals surface area contributed by atoms with Crippen molar-refractivity contribution in [2.45, 2.75) is 43.7 Å². The molecule has 0 spiro atoms. The predicted molar refractivity (Wildman–Crippen MR) is 115 cm³/mol. The SMILES string of the molecule is CC1(N2CCN(c3cncc(C(=O)O)c3)C2=O)CCC(N)(c2cccc(Cl)c2)CC1. The lowest BCUT2D eigenvalue weighted by Gasteiger charge is -2.47. The van der Waals surface area contributed by atoms with Gasteiger partial charge >= 0.3 is 12.0 Å². The zero-order valence-electron chi connectivity index (χ0n) is 16.8. The van der Waals surface area contributed by atoms with Gasteiger partial charge in [-0.25, -0.2) is 9.59 Å². The molecule has 1 aliphatic carbocycles. The van der Waals surface area contributed by atoms with Crippen molar-refractivity contribution in [2.75, 3.05) is 18.0 Å². The second-order valence-corrected chi connectivity index (χ2v) is 8.92. The summed E-state index contributed by atoms with van der Waals surface area (Å²) in [4.78, 5) is 31.9. The van der Waals surface area contributed by atoms with Crippen molar-refractivity contribution in [3.63, 3.8) is 0 Å². The Bertz CT molecular complexity index is 988. The summed E-state index contributed by atoms with van der Waals surface area (Å²) in [7, 11) is 0. The third kappa shape index (κ3) is 3.63. The van der Waals surface area contributed by atoms with Crippen molar-refractivity contribution in [2.24, 2.45) is 5.73 Å². The van der Waals surface area contributed by atoms with Gasteiger partial charge in [0.1, 0.15) is 0 Å². The van der Waals surface area contributed by atoms with Crippen LogP contribution in [0.5, 0.6) is 0 Å². The number of aromatic nitrogens is 1. The van der Waals surface area contributed by atoms with Crippen molar-refractivity contribution in [3.8, 4) is 0 Å². The topological polar surface area (TPSA) is 99.8 Å². The number of urea groups is 1. The van der Waals surface area contributed by atoms with Gasteiger partial charge in [-0.05, 0) is 56.4 Å². The van der Waals surface area contributed by atoms with Crippen molar-refractivity contribution in [1.82, 2.24) is 9.88 Å². The van der Waals surface area contributed by atoms with E-state index in [1.54, 1.807) is 4.90 Å². The molecule has 0 unspecified atom stereocenters. The number of carbonyl (C=O) groups excluding carboxylic acids is 1. The van der Waals surface area contributed by atoms with Crippen LogP contribution in [-0.4, -0.2) is 45.6 Å². The minimum Gasteiger partial charge on any atom is -0.478 e. The van der Waals surface area contributed by atoms with E-state index in [-0.39, 0.29) is 17.1 Å². The molecular formula is C22H25ClN4O3.